The van der Waals surface area contributed by atoms with Crippen LogP contribution in [0.15, 0.2) is 48.5 Å². The van der Waals surface area contributed by atoms with Crippen molar-refractivity contribution in [3.8, 4) is 0 Å². The highest BCUT2D eigenvalue weighted by Gasteiger charge is 2.13. The summed E-state index contributed by atoms with van der Waals surface area (Å²) in [5.74, 6) is -0.945. The van der Waals surface area contributed by atoms with Gasteiger partial charge >= 0.3 is 5.97 Å². The Morgan fingerprint density at radius 2 is 1.80 bits per heavy atom. The maximum absolute atomic E-state index is 12.8. The molecule has 0 saturated carbocycles. The molecule has 0 spiro atoms. The van der Waals surface area contributed by atoms with Gasteiger partial charge < -0.3 is 15.4 Å². The molecule has 6 heteroatoms. The van der Waals surface area contributed by atoms with E-state index in [1.165, 1.54) is 12.1 Å². The van der Waals surface area contributed by atoms with E-state index in [1.54, 1.807) is 43.3 Å². The number of hydrogen-bond donors (Lipinski definition) is 2. The lowest BCUT2D eigenvalue weighted by Crippen LogP contribution is -2.22. The Labute approximate surface area is 146 Å². The van der Waals surface area contributed by atoms with E-state index in [9.17, 15) is 14.0 Å². The van der Waals surface area contributed by atoms with Crippen molar-refractivity contribution in [2.45, 2.75) is 19.9 Å². The second kappa shape index (κ2) is 9.54. The van der Waals surface area contributed by atoms with Gasteiger partial charge in [0.25, 0.3) is 0 Å². The predicted molar refractivity (Wildman–Crippen MR) is 93.8 cm³/mol. The van der Waals surface area contributed by atoms with Crippen molar-refractivity contribution in [1.82, 2.24) is 5.32 Å². The van der Waals surface area contributed by atoms with Gasteiger partial charge in [-0.3, -0.25) is 4.79 Å². The molecular formula is C19H21FN2O3. The summed E-state index contributed by atoms with van der Waals surface area (Å²) in [7, 11) is 0. The van der Waals surface area contributed by atoms with Gasteiger partial charge in [-0.2, -0.15) is 0 Å². The van der Waals surface area contributed by atoms with Crippen molar-refractivity contribution in [3.63, 3.8) is 0 Å². The Bertz CT molecular complexity index is 717. The molecule has 132 valence electrons. The normalized spacial score (nSPS) is 10.3. The third kappa shape index (κ3) is 6.00. The summed E-state index contributed by atoms with van der Waals surface area (Å²) in [4.78, 5) is 23.9. The van der Waals surface area contributed by atoms with Gasteiger partial charge in [-0.1, -0.05) is 24.3 Å². The van der Waals surface area contributed by atoms with Crippen LogP contribution in [-0.2, 0) is 16.1 Å². The number of esters is 1. The Morgan fingerprint density at radius 3 is 2.52 bits per heavy atom. The third-order valence-corrected chi connectivity index (χ3v) is 3.47. The number of nitrogens with one attached hydrogen (secondary N) is 2. The summed E-state index contributed by atoms with van der Waals surface area (Å²) < 4.78 is 17.8. The van der Waals surface area contributed by atoms with Crippen molar-refractivity contribution in [2.24, 2.45) is 0 Å². The van der Waals surface area contributed by atoms with Crippen molar-refractivity contribution in [2.75, 3.05) is 18.5 Å². The van der Waals surface area contributed by atoms with Crippen molar-refractivity contribution >= 4 is 17.6 Å². The van der Waals surface area contributed by atoms with E-state index < -0.39 is 5.97 Å². The van der Waals surface area contributed by atoms with Gasteiger partial charge in [-0.05, 0) is 36.8 Å². The van der Waals surface area contributed by atoms with Gasteiger partial charge in [0.1, 0.15) is 5.82 Å². The van der Waals surface area contributed by atoms with Crippen molar-refractivity contribution in [1.29, 1.82) is 0 Å². The largest absolute Gasteiger partial charge is 0.462 e. The fourth-order valence-corrected chi connectivity index (χ4v) is 2.23. The van der Waals surface area contributed by atoms with Crippen LogP contribution >= 0.6 is 0 Å². The molecule has 2 N–H and O–H groups in total. The Morgan fingerprint density at radius 1 is 1.08 bits per heavy atom. The number of hydrogen-bond acceptors (Lipinski definition) is 4. The highest BCUT2D eigenvalue weighted by atomic mass is 19.1. The summed E-state index contributed by atoms with van der Waals surface area (Å²) in [6.45, 7) is 3.01. The van der Waals surface area contributed by atoms with Gasteiger partial charge in [-0.25, -0.2) is 9.18 Å². The van der Waals surface area contributed by atoms with Crippen LogP contribution in [0.5, 0.6) is 0 Å². The SMILES string of the molecule is CCOC(=O)c1ccccc1NC(=O)CCNCc1ccc(F)cc1. The number of para-hydroxylation sites is 1. The second-order valence-corrected chi connectivity index (χ2v) is 5.37. The van der Waals surface area contributed by atoms with Crippen LogP contribution in [0.4, 0.5) is 10.1 Å². The van der Waals surface area contributed by atoms with Gasteiger partial charge in [-0.15, -0.1) is 0 Å². The molecule has 0 aromatic heterocycles. The lowest BCUT2D eigenvalue weighted by Gasteiger charge is -2.10. The molecule has 2 aromatic rings. The number of amides is 1. The van der Waals surface area contributed by atoms with Crippen LogP contribution in [0.25, 0.3) is 0 Å². The molecule has 1 amide bonds. The van der Waals surface area contributed by atoms with Gasteiger partial charge in [0.05, 0.1) is 17.9 Å². The first-order chi connectivity index (χ1) is 12.1. The first-order valence-corrected chi connectivity index (χ1v) is 8.11. The topological polar surface area (TPSA) is 67.4 Å². The predicted octanol–water partition coefficient (Wildman–Crippen LogP) is 3.12. The fourth-order valence-electron chi connectivity index (χ4n) is 2.23. The lowest BCUT2D eigenvalue weighted by atomic mass is 10.1. The smallest absolute Gasteiger partial charge is 0.340 e. The molecule has 5 nitrogen and oxygen atoms in total. The van der Waals surface area contributed by atoms with E-state index in [1.807, 2.05) is 0 Å². The average Bonchev–Trinajstić information content (AvgIpc) is 2.61. The molecule has 0 saturated heterocycles. The van der Waals surface area contributed by atoms with Crippen LogP contribution in [0, 0.1) is 5.82 Å². The first kappa shape index (κ1) is 18.6. The molecule has 0 atom stereocenters. The van der Waals surface area contributed by atoms with Gasteiger partial charge in [0, 0.05) is 19.5 Å². The Kier molecular flexibility index (Phi) is 7.10. The third-order valence-electron chi connectivity index (χ3n) is 3.47. The first-order valence-electron chi connectivity index (χ1n) is 8.11. The molecule has 2 aromatic carbocycles. The quantitative estimate of drug-likeness (QED) is 0.570. The summed E-state index contributed by atoms with van der Waals surface area (Å²) in [6, 6.07) is 12.9. The van der Waals surface area contributed by atoms with Crippen LogP contribution in [0.2, 0.25) is 0 Å². The summed E-state index contributed by atoms with van der Waals surface area (Å²) >= 11 is 0. The van der Waals surface area contributed by atoms with E-state index in [-0.39, 0.29) is 24.8 Å². The molecule has 0 fully saturated rings. The van der Waals surface area contributed by atoms with E-state index in [4.69, 9.17) is 4.74 Å². The zero-order valence-electron chi connectivity index (χ0n) is 14.0. The molecule has 0 aliphatic rings. The average molecular weight is 344 g/mol. The van der Waals surface area contributed by atoms with Crippen molar-refractivity contribution in [3.05, 3.63) is 65.5 Å². The monoisotopic (exact) mass is 344 g/mol. The zero-order valence-corrected chi connectivity index (χ0v) is 14.0. The molecule has 25 heavy (non-hydrogen) atoms. The molecule has 0 aliphatic heterocycles. The van der Waals surface area contributed by atoms with Crippen LogP contribution < -0.4 is 10.6 Å². The van der Waals surface area contributed by atoms with Crippen molar-refractivity contribution < 1.29 is 18.7 Å². The number of ether oxygens (including phenoxy) is 1. The van der Waals surface area contributed by atoms with Crippen LogP contribution in [0.3, 0.4) is 0 Å². The maximum Gasteiger partial charge on any atom is 0.340 e. The standard InChI is InChI=1S/C19H21FN2O3/c1-2-25-19(24)16-5-3-4-6-17(16)22-18(23)11-12-21-13-14-7-9-15(20)10-8-14/h3-10,21H,2,11-13H2,1H3,(H,22,23). The molecule has 0 unspecified atom stereocenters. The Balaban J connectivity index is 1.80. The van der Waals surface area contributed by atoms with E-state index in [2.05, 4.69) is 10.6 Å². The Hall–Kier alpha value is -2.73. The van der Waals surface area contributed by atoms with E-state index in [0.717, 1.165) is 5.56 Å². The number of benzene rings is 2. The fraction of sp³-hybridized carbons (Fsp3) is 0.263. The number of rotatable bonds is 8. The van der Waals surface area contributed by atoms with Gasteiger partial charge in [0.15, 0.2) is 0 Å². The summed E-state index contributed by atoms with van der Waals surface area (Å²) in [5, 5.41) is 5.85. The number of anilines is 1. The molecule has 0 radical (unpaired) electrons. The highest BCUT2D eigenvalue weighted by molar-refractivity contribution is 6.01. The minimum atomic E-state index is -0.465. The van der Waals surface area contributed by atoms with E-state index in [0.29, 0.717) is 24.3 Å². The minimum Gasteiger partial charge on any atom is -0.462 e. The highest BCUT2D eigenvalue weighted by Crippen LogP contribution is 2.16. The molecule has 2 rings (SSSR count). The molecule has 0 heterocycles. The number of carbonyl (C=O) groups excluding carboxylic acids is 2. The summed E-state index contributed by atoms with van der Waals surface area (Å²) in [6.07, 6.45) is 0.248. The summed E-state index contributed by atoms with van der Waals surface area (Å²) in [5.41, 5.74) is 1.70. The maximum atomic E-state index is 12.8. The van der Waals surface area contributed by atoms with E-state index >= 15 is 0 Å². The van der Waals surface area contributed by atoms with Crippen LogP contribution in [0.1, 0.15) is 29.3 Å². The number of carbonyl (C=O) groups is 2. The zero-order chi connectivity index (χ0) is 18.1. The second-order valence-electron chi connectivity index (χ2n) is 5.37. The molecular weight excluding hydrogens is 323 g/mol. The molecule has 0 bridgehead atoms. The molecule has 0 aliphatic carbocycles. The minimum absolute atomic E-state index is 0.205. The van der Waals surface area contributed by atoms with Crippen LogP contribution in [-0.4, -0.2) is 25.0 Å². The van der Waals surface area contributed by atoms with Gasteiger partial charge in [0.2, 0.25) is 5.91 Å². The number of halogens is 1. The lowest BCUT2D eigenvalue weighted by molar-refractivity contribution is -0.116.